The Morgan fingerprint density at radius 2 is 2.06 bits per heavy atom. The maximum absolute atomic E-state index is 12.1. The quantitative estimate of drug-likeness (QED) is 0.899. The lowest BCUT2D eigenvalue weighted by Crippen LogP contribution is -2.12. The van der Waals surface area contributed by atoms with Crippen LogP contribution in [-0.2, 0) is 6.42 Å². The maximum atomic E-state index is 12.1. The van der Waals surface area contributed by atoms with Crippen LogP contribution in [0.15, 0.2) is 22.7 Å². The van der Waals surface area contributed by atoms with Gasteiger partial charge in [-0.2, -0.15) is 18.2 Å². The van der Waals surface area contributed by atoms with Crippen molar-refractivity contribution < 1.29 is 22.8 Å². The Morgan fingerprint density at radius 3 is 2.72 bits per heavy atom. The van der Waals surface area contributed by atoms with Crippen LogP contribution in [0.5, 0.6) is 5.75 Å². The van der Waals surface area contributed by atoms with Gasteiger partial charge in [0.15, 0.2) is 5.82 Å². The van der Waals surface area contributed by atoms with Crippen LogP contribution < -0.4 is 0 Å². The van der Waals surface area contributed by atoms with E-state index in [9.17, 15) is 18.3 Å². The molecule has 7 heteroatoms. The van der Waals surface area contributed by atoms with E-state index in [1.165, 1.54) is 6.07 Å². The fourth-order valence-corrected chi connectivity index (χ4v) is 1.45. The number of alkyl halides is 3. The lowest BCUT2D eigenvalue weighted by molar-refractivity contribution is -0.128. The molecule has 0 aliphatic carbocycles. The zero-order chi connectivity index (χ0) is 13.3. The average molecular weight is 258 g/mol. The molecule has 0 bridgehead atoms. The number of aromatic hydroxyl groups is 1. The highest BCUT2D eigenvalue weighted by atomic mass is 19.4. The molecular formula is C11H9F3N2O2. The highest BCUT2D eigenvalue weighted by Gasteiger charge is 2.30. The minimum absolute atomic E-state index is 0.0836. The van der Waals surface area contributed by atoms with E-state index in [1.54, 1.807) is 19.1 Å². The van der Waals surface area contributed by atoms with Crippen LogP contribution in [0.1, 0.15) is 11.4 Å². The van der Waals surface area contributed by atoms with Gasteiger partial charge >= 0.3 is 6.18 Å². The van der Waals surface area contributed by atoms with Gasteiger partial charge in [0.25, 0.3) is 5.89 Å². The number of nitrogens with zero attached hydrogens (tertiary/aromatic N) is 2. The molecule has 1 N–H and O–H groups in total. The molecule has 0 amide bonds. The minimum atomic E-state index is -4.39. The summed E-state index contributed by atoms with van der Waals surface area (Å²) < 4.78 is 41.1. The fraction of sp³-hybridized carbons (Fsp3) is 0.273. The summed E-state index contributed by atoms with van der Waals surface area (Å²) in [6.45, 7) is 1.66. The van der Waals surface area contributed by atoms with Crippen LogP contribution >= 0.6 is 0 Å². The van der Waals surface area contributed by atoms with Gasteiger partial charge in [-0.3, -0.25) is 0 Å². The number of halogens is 3. The van der Waals surface area contributed by atoms with E-state index >= 15 is 0 Å². The van der Waals surface area contributed by atoms with E-state index in [1.807, 2.05) is 0 Å². The Labute approximate surface area is 100 Å². The molecule has 0 unspecified atom stereocenters. The van der Waals surface area contributed by atoms with Crippen LogP contribution in [0, 0.1) is 6.92 Å². The van der Waals surface area contributed by atoms with Crippen LogP contribution in [0.2, 0.25) is 0 Å². The van der Waals surface area contributed by atoms with Crippen molar-refractivity contribution in [2.45, 2.75) is 19.5 Å². The van der Waals surface area contributed by atoms with Gasteiger partial charge in [-0.15, -0.1) is 0 Å². The van der Waals surface area contributed by atoms with Gasteiger partial charge in [-0.1, -0.05) is 17.3 Å². The molecule has 1 aromatic carbocycles. The number of benzene rings is 1. The third-order valence-electron chi connectivity index (χ3n) is 2.29. The summed E-state index contributed by atoms with van der Waals surface area (Å²) in [6.07, 6.45) is -5.65. The van der Waals surface area contributed by atoms with Crippen molar-refractivity contribution in [3.8, 4) is 17.2 Å². The molecule has 2 rings (SSSR count). The Bertz CT molecular complexity index is 564. The van der Waals surface area contributed by atoms with Crippen molar-refractivity contribution in [3.05, 3.63) is 29.6 Å². The summed E-state index contributed by atoms with van der Waals surface area (Å²) in [5.41, 5.74) is 0.791. The van der Waals surface area contributed by atoms with Gasteiger partial charge in [-0.25, -0.2) is 0 Å². The molecule has 0 aliphatic rings. The Kier molecular flexibility index (Phi) is 2.98. The summed E-state index contributed by atoms with van der Waals surface area (Å²) in [5.74, 6) is -0.673. The zero-order valence-corrected chi connectivity index (χ0v) is 9.32. The molecule has 0 aliphatic heterocycles. The Hall–Kier alpha value is -2.05. The SMILES string of the molecule is Cc1cccc(-c2nc(CC(F)(F)F)no2)c1O. The Balaban J connectivity index is 2.33. The van der Waals surface area contributed by atoms with E-state index < -0.39 is 18.4 Å². The summed E-state index contributed by atoms with van der Waals surface area (Å²) in [7, 11) is 0. The summed E-state index contributed by atoms with van der Waals surface area (Å²) in [6, 6.07) is 4.79. The monoisotopic (exact) mass is 258 g/mol. The molecule has 0 saturated carbocycles. The second kappa shape index (κ2) is 4.32. The van der Waals surface area contributed by atoms with Gasteiger partial charge in [0.1, 0.15) is 12.2 Å². The van der Waals surface area contributed by atoms with Gasteiger partial charge < -0.3 is 9.63 Å². The number of phenolic OH excluding ortho intramolecular Hbond substituents is 1. The molecular weight excluding hydrogens is 249 g/mol. The van der Waals surface area contributed by atoms with Crippen LogP contribution in [0.4, 0.5) is 13.2 Å². The summed E-state index contributed by atoms with van der Waals surface area (Å²) in [5, 5.41) is 13.0. The molecule has 18 heavy (non-hydrogen) atoms. The van der Waals surface area contributed by atoms with E-state index in [0.29, 0.717) is 5.56 Å². The van der Waals surface area contributed by atoms with Crippen molar-refractivity contribution >= 4 is 0 Å². The van der Waals surface area contributed by atoms with Crippen molar-refractivity contribution in [3.63, 3.8) is 0 Å². The topological polar surface area (TPSA) is 59.2 Å². The molecule has 96 valence electrons. The molecule has 1 heterocycles. The first kappa shape index (κ1) is 12.4. The molecule has 0 radical (unpaired) electrons. The summed E-state index contributed by atoms with van der Waals surface area (Å²) in [4.78, 5) is 3.61. The van der Waals surface area contributed by atoms with Gasteiger partial charge in [0.05, 0.1) is 5.56 Å². The third-order valence-corrected chi connectivity index (χ3v) is 2.29. The Morgan fingerprint density at radius 1 is 1.33 bits per heavy atom. The van der Waals surface area contributed by atoms with E-state index in [-0.39, 0.29) is 17.2 Å². The normalized spacial score (nSPS) is 11.8. The largest absolute Gasteiger partial charge is 0.507 e. The lowest BCUT2D eigenvalue weighted by atomic mass is 10.1. The lowest BCUT2D eigenvalue weighted by Gasteiger charge is -2.02. The first-order valence-electron chi connectivity index (χ1n) is 5.05. The minimum Gasteiger partial charge on any atom is -0.507 e. The molecule has 0 spiro atoms. The molecule has 0 atom stereocenters. The van der Waals surface area contributed by atoms with Crippen LogP contribution in [0.25, 0.3) is 11.5 Å². The molecule has 2 aromatic rings. The standard InChI is InChI=1S/C11H9F3N2O2/c1-6-3-2-4-7(9(6)17)10-15-8(16-18-10)5-11(12,13)14/h2-4,17H,5H2,1H3. The van der Waals surface area contributed by atoms with E-state index in [2.05, 4.69) is 10.1 Å². The molecule has 0 fully saturated rings. The van der Waals surface area contributed by atoms with Crippen molar-refractivity contribution in [2.24, 2.45) is 0 Å². The zero-order valence-electron chi connectivity index (χ0n) is 9.32. The number of hydrogen-bond donors (Lipinski definition) is 1. The van der Waals surface area contributed by atoms with Crippen molar-refractivity contribution in [2.75, 3.05) is 0 Å². The smallest absolute Gasteiger partial charge is 0.396 e. The number of rotatable bonds is 2. The maximum Gasteiger partial charge on any atom is 0.396 e. The second-order valence-corrected chi connectivity index (χ2v) is 3.78. The summed E-state index contributed by atoms with van der Waals surface area (Å²) >= 11 is 0. The van der Waals surface area contributed by atoms with Gasteiger partial charge in [-0.05, 0) is 18.6 Å². The first-order chi connectivity index (χ1) is 8.37. The van der Waals surface area contributed by atoms with E-state index in [4.69, 9.17) is 4.52 Å². The number of aryl methyl sites for hydroxylation is 1. The highest BCUT2D eigenvalue weighted by molar-refractivity contribution is 5.64. The van der Waals surface area contributed by atoms with Crippen molar-refractivity contribution in [1.29, 1.82) is 0 Å². The van der Waals surface area contributed by atoms with Gasteiger partial charge in [0.2, 0.25) is 0 Å². The van der Waals surface area contributed by atoms with Crippen molar-refractivity contribution in [1.82, 2.24) is 10.1 Å². The molecule has 1 aromatic heterocycles. The highest BCUT2D eigenvalue weighted by Crippen LogP contribution is 2.31. The third kappa shape index (κ3) is 2.61. The first-order valence-corrected chi connectivity index (χ1v) is 5.05. The average Bonchev–Trinajstić information content (AvgIpc) is 2.68. The number of hydrogen-bond acceptors (Lipinski definition) is 4. The van der Waals surface area contributed by atoms with Crippen LogP contribution in [-0.4, -0.2) is 21.4 Å². The van der Waals surface area contributed by atoms with Crippen LogP contribution in [0.3, 0.4) is 0 Å². The predicted octanol–water partition coefficient (Wildman–Crippen LogP) is 2.86. The second-order valence-electron chi connectivity index (χ2n) is 3.78. The molecule has 0 saturated heterocycles. The predicted molar refractivity (Wildman–Crippen MR) is 55.9 cm³/mol. The van der Waals surface area contributed by atoms with Gasteiger partial charge in [0, 0.05) is 0 Å². The molecule has 4 nitrogen and oxygen atoms in total. The fourth-order valence-electron chi connectivity index (χ4n) is 1.45. The number of para-hydroxylation sites is 1. The van der Waals surface area contributed by atoms with E-state index in [0.717, 1.165) is 0 Å². The number of phenols is 1. The number of aromatic nitrogens is 2.